The predicted octanol–water partition coefficient (Wildman–Crippen LogP) is 2.66. The molecule has 4 nitrogen and oxygen atoms in total. The van der Waals surface area contributed by atoms with Crippen LogP contribution in [0.25, 0.3) is 0 Å². The molecule has 2 aliphatic rings. The van der Waals surface area contributed by atoms with Crippen LogP contribution in [0.1, 0.15) is 62.2 Å². The highest BCUT2D eigenvalue weighted by atomic mass is 16.5. The van der Waals surface area contributed by atoms with Crippen LogP contribution in [-0.2, 0) is 4.79 Å². The van der Waals surface area contributed by atoms with E-state index in [0.29, 0.717) is 13.0 Å². The molecular weight excluding hydrogens is 266 g/mol. The highest BCUT2D eigenvalue weighted by molar-refractivity contribution is 5.79. The van der Waals surface area contributed by atoms with Gasteiger partial charge in [-0.15, -0.1) is 0 Å². The Morgan fingerprint density at radius 2 is 2.10 bits per heavy atom. The summed E-state index contributed by atoms with van der Waals surface area (Å²) in [6, 6.07) is 5.97. The summed E-state index contributed by atoms with van der Waals surface area (Å²) in [6.45, 7) is 2.45. The Kier molecular flexibility index (Phi) is 4.15. The first-order valence-corrected chi connectivity index (χ1v) is 7.88. The summed E-state index contributed by atoms with van der Waals surface area (Å²) in [5, 5.41) is 12.8. The molecule has 1 aliphatic heterocycles. The average molecular weight is 289 g/mol. The second kappa shape index (κ2) is 6.06. The largest absolute Gasteiger partial charge is 0.490 e. The van der Waals surface area contributed by atoms with Crippen molar-refractivity contribution in [2.45, 2.75) is 57.2 Å². The molecule has 1 saturated carbocycles. The van der Waals surface area contributed by atoms with Gasteiger partial charge in [-0.3, -0.25) is 4.79 Å². The number of nitrogens with one attached hydrogen (secondary N) is 1. The lowest BCUT2D eigenvalue weighted by Gasteiger charge is -2.20. The number of benzene rings is 1. The number of hydrogen-bond donors (Lipinski definition) is 2. The van der Waals surface area contributed by atoms with E-state index in [1.165, 1.54) is 12.8 Å². The number of aliphatic hydroxyl groups is 1. The van der Waals surface area contributed by atoms with Crippen LogP contribution in [0.3, 0.4) is 0 Å². The highest BCUT2D eigenvalue weighted by Gasteiger charge is 2.25. The van der Waals surface area contributed by atoms with Gasteiger partial charge in [-0.25, -0.2) is 0 Å². The molecule has 1 heterocycles. The summed E-state index contributed by atoms with van der Waals surface area (Å²) in [6.07, 6.45) is 4.88. The molecular formula is C17H23NO3. The highest BCUT2D eigenvalue weighted by Crippen LogP contribution is 2.34. The van der Waals surface area contributed by atoms with E-state index in [9.17, 15) is 9.90 Å². The average Bonchev–Trinajstić information content (AvgIpc) is 3.10. The van der Waals surface area contributed by atoms with Gasteiger partial charge in [0.2, 0.25) is 5.91 Å². The van der Waals surface area contributed by atoms with Crippen LogP contribution in [0.5, 0.6) is 5.75 Å². The molecule has 2 atom stereocenters. The summed E-state index contributed by atoms with van der Waals surface area (Å²) in [4.78, 5) is 11.4. The summed E-state index contributed by atoms with van der Waals surface area (Å²) >= 11 is 0. The Labute approximate surface area is 125 Å². The second-order valence-corrected chi connectivity index (χ2v) is 6.20. The zero-order valence-corrected chi connectivity index (χ0v) is 12.5. The molecule has 1 aliphatic carbocycles. The first kappa shape index (κ1) is 14.4. The molecule has 3 rings (SSSR count). The molecule has 1 aromatic carbocycles. The molecule has 0 radical (unpaired) electrons. The van der Waals surface area contributed by atoms with E-state index in [0.717, 1.165) is 29.7 Å². The number of aliphatic hydroxyl groups excluding tert-OH is 1. The molecule has 1 amide bonds. The third-order valence-corrected chi connectivity index (χ3v) is 4.53. The fraction of sp³-hybridized carbons (Fsp3) is 0.588. The smallest absolute Gasteiger partial charge is 0.220 e. The minimum absolute atomic E-state index is 0.109. The molecule has 1 aromatic rings. The van der Waals surface area contributed by atoms with Gasteiger partial charge in [-0.05, 0) is 44.2 Å². The van der Waals surface area contributed by atoms with Gasteiger partial charge in [0.25, 0.3) is 0 Å². The Balaban J connectivity index is 1.84. The van der Waals surface area contributed by atoms with Crippen molar-refractivity contribution in [3.63, 3.8) is 0 Å². The summed E-state index contributed by atoms with van der Waals surface area (Å²) in [5.74, 6) is 1.11. The van der Waals surface area contributed by atoms with E-state index in [-0.39, 0.29) is 17.9 Å². The Morgan fingerprint density at radius 1 is 1.33 bits per heavy atom. The lowest BCUT2D eigenvalue weighted by atomic mass is 9.95. The normalized spacial score (nSPS) is 24.1. The molecule has 4 heteroatoms. The van der Waals surface area contributed by atoms with Crippen molar-refractivity contribution in [1.82, 2.24) is 5.32 Å². The maximum atomic E-state index is 11.4. The molecule has 2 fully saturated rings. The third kappa shape index (κ3) is 3.21. The van der Waals surface area contributed by atoms with Gasteiger partial charge < -0.3 is 15.2 Å². The van der Waals surface area contributed by atoms with Crippen molar-refractivity contribution in [2.75, 3.05) is 6.54 Å². The fourth-order valence-corrected chi connectivity index (χ4v) is 3.28. The number of carbonyl (C=O) groups excluding carboxylic acids is 1. The van der Waals surface area contributed by atoms with Crippen molar-refractivity contribution in [1.29, 1.82) is 0 Å². The van der Waals surface area contributed by atoms with E-state index in [4.69, 9.17) is 4.74 Å². The first-order chi connectivity index (χ1) is 10.1. The standard InChI is InChI=1S/C17H23NO3/c1-11(19)15-7-6-12(13-9-17(20)18-10-13)8-16(15)21-14-4-2-3-5-14/h6-8,11,13-14,19H,2-5,9-10H2,1H3,(H,18,20)/t11?,13-/m1/s1. The number of rotatable bonds is 4. The lowest BCUT2D eigenvalue weighted by molar-refractivity contribution is -0.119. The summed E-state index contributed by atoms with van der Waals surface area (Å²) in [7, 11) is 0. The SMILES string of the molecule is CC(O)c1ccc([C@H]2CNC(=O)C2)cc1OC1CCCC1. The quantitative estimate of drug-likeness (QED) is 0.896. The van der Waals surface area contributed by atoms with E-state index in [1.807, 2.05) is 18.2 Å². The number of carbonyl (C=O) groups is 1. The third-order valence-electron chi connectivity index (χ3n) is 4.53. The van der Waals surface area contributed by atoms with Crippen LogP contribution < -0.4 is 10.1 Å². The number of hydrogen-bond acceptors (Lipinski definition) is 3. The minimum atomic E-state index is -0.543. The van der Waals surface area contributed by atoms with Gasteiger partial charge >= 0.3 is 0 Å². The van der Waals surface area contributed by atoms with Crippen molar-refractivity contribution in [2.24, 2.45) is 0 Å². The van der Waals surface area contributed by atoms with Gasteiger partial charge in [-0.2, -0.15) is 0 Å². The molecule has 0 aromatic heterocycles. The van der Waals surface area contributed by atoms with E-state index in [2.05, 4.69) is 5.32 Å². The van der Waals surface area contributed by atoms with Crippen LogP contribution in [0.4, 0.5) is 0 Å². The molecule has 21 heavy (non-hydrogen) atoms. The molecule has 1 unspecified atom stereocenters. The Hall–Kier alpha value is -1.55. The second-order valence-electron chi connectivity index (χ2n) is 6.20. The number of amides is 1. The maximum absolute atomic E-state index is 11.4. The van der Waals surface area contributed by atoms with Crippen LogP contribution in [0.2, 0.25) is 0 Å². The molecule has 2 N–H and O–H groups in total. The zero-order valence-electron chi connectivity index (χ0n) is 12.5. The van der Waals surface area contributed by atoms with E-state index < -0.39 is 6.10 Å². The maximum Gasteiger partial charge on any atom is 0.220 e. The topological polar surface area (TPSA) is 58.6 Å². The molecule has 0 bridgehead atoms. The van der Waals surface area contributed by atoms with Crippen molar-refractivity contribution in [3.8, 4) is 5.75 Å². The molecule has 0 spiro atoms. The Morgan fingerprint density at radius 3 is 2.71 bits per heavy atom. The predicted molar refractivity (Wildman–Crippen MR) is 80.3 cm³/mol. The first-order valence-electron chi connectivity index (χ1n) is 7.88. The van der Waals surface area contributed by atoms with Gasteiger partial charge in [0.1, 0.15) is 5.75 Å². The van der Waals surface area contributed by atoms with Crippen LogP contribution in [0.15, 0.2) is 18.2 Å². The van der Waals surface area contributed by atoms with Crippen molar-refractivity contribution >= 4 is 5.91 Å². The van der Waals surface area contributed by atoms with Crippen LogP contribution >= 0.6 is 0 Å². The minimum Gasteiger partial charge on any atom is -0.490 e. The van der Waals surface area contributed by atoms with Gasteiger partial charge in [0.05, 0.1) is 12.2 Å². The Bertz CT molecular complexity index is 521. The van der Waals surface area contributed by atoms with E-state index >= 15 is 0 Å². The van der Waals surface area contributed by atoms with Crippen LogP contribution in [0, 0.1) is 0 Å². The van der Waals surface area contributed by atoms with Gasteiger partial charge in [0.15, 0.2) is 0 Å². The van der Waals surface area contributed by atoms with Crippen molar-refractivity contribution in [3.05, 3.63) is 29.3 Å². The zero-order chi connectivity index (χ0) is 14.8. The van der Waals surface area contributed by atoms with E-state index in [1.54, 1.807) is 6.92 Å². The monoisotopic (exact) mass is 289 g/mol. The molecule has 114 valence electrons. The van der Waals surface area contributed by atoms with Gasteiger partial charge in [0, 0.05) is 24.4 Å². The molecule has 1 saturated heterocycles. The van der Waals surface area contributed by atoms with Crippen molar-refractivity contribution < 1.29 is 14.6 Å². The van der Waals surface area contributed by atoms with Gasteiger partial charge in [-0.1, -0.05) is 12.1 Å². The summed E-state index contributed by atoms with van der Waals surface area (Å²) < 4.78 is 6.13. The summed E-state index contributed by atoms with van der Waals surface area (Å²) in [5.41, 5.74) is 1.95. The number of ether oxygens (including phenoxy) is 1. The van der Waals surface area contributed by atoms with Crippen LogP contribution in [-0.4, -0.2) is 23.7 Å². The lowest BCUT2D eigenvalue weighted by Crippen LogP contribution is -2.14. The fourth-order valence-electron chi connectivity index (χ4n) is 3.28.